The van der Waals surface area contributed by atoms with Crippen molar-refractivity contribution in [3.05, 3.63) is 41.6 Å². The Morgan fingerprint density at radius 2 is 2.00 bits per heavy atom. The Bertz CT molecular complexity index is 1440. The molecule has 2 atom stereocenters. The molecule has 6 rings (SSSR count). The van der Waals surface area contributed by atoms with E-state index < -0.39 is 30.1 Å². The first-order valence-electron chi connectivity index (χ1n) is 12.3. The van der Waals surface area contributed by atoms with Crippen molar-refractivity contribution in [1.29, 1.82) is 0 Å². The molecule has 1 saturated carbocycles. The summed E-state index contributed by atoms with van der Waals surface area (Å²) in [6, 6.07) is 3.27. The minimum atomic E-state index is -1.05. The Balaban J connectivity index is 1.20. The molecule has 3 aliphatic rings. The van der Waals surface area contributed by atoms with E-state index >= 15 is 4.39 Å². The number of nitrogens with one attached hydrogen (secondary N) is 2. The van der Waals surface area contributed by atoms with Crippen LogP contribution in [-0.2, 0) is 16.0 Å². The van der Waals surface area contributed by atoms with Gasteiger partial charge in [0.05, 0.1) is 36.1 Å². The molecule has 0 spiro atoms. The standard InChI is InChI=1S/C26H26F2N6O3/c1-12-17(8-31-20-3-2-4-30-24(12)20)15-5-13-6-21(32-9-18(13)23(29)22(15)28)33-26(36)37-14-10-34(11-14)25(35)16-7-19(16)27/h5-6,8-9,14,16,19,30H,2-4,7,10-11,29H2,1H3,(H,32,33,36)/t16-,19-/m1/s1. The number of halogens is 2. The highest BCUT2D eigenvalue weighted by atomic mass is 19.1. The molecule has 1 saturated heterocycles. The molecule has 2 fully saturated rings. The maximum Gasteiger partial charge on any atom is 0.413 e. The summed E-state index contributed by atoms with van der Waals surface area (Å²) in [6.07, 6.45) is 2.97. The number of fused-ring (bicyclic) bond motifs is 2. The number of hydrogen-bond acceptors (Lipinski definition) is 7. The van der Waals surface area contributed by atoms with Crippen molar-refractivity contribution in [2.24, 2.45) is 5.92 Å². The Morgan fingerprint density at radius 3 is 2.76 bits per heavy atom. The highest BCUT2D eigenvalue weighted by Gasteiger charge is 2.48. The van der Waals surface area contributed by atoms with Crippen LogP contribution in [0.2, 0.25) is 0 Å². The lowest BCUT2D eigenvalue weighted by Gasteiger charge is -2.38. The number of aryl methyl sites for hydroxylation is 1. The van der Waals surface area contributed by atoms with Gasteiger partial charge in [0, 0.05) is 35.5 Å². The fourth-order valence-corrected chi connectivity index (χ4v) is 5.01. The number of anilines is 3. The fraction of sp³-hybridized carbons (Fsp3) is 0.385. The van der Waals surface area contributed by atoms with Crippen LogP contribution in [0, 0.1) is 18.7 Å². The van der Waals surface area contributed by atoms with E-state index in [1.165, 1.54) is 11.1 Å². The Morgan fingerprint density at radius 1 is 1.22 bits per heavy atom. The first-order valence-corrected chi connectivity index (χ1v) is 12.3. The average Bonchev–Trinajstić information content (AvgIpc) is 3.60. The summed E-state index contributed by atoms with van der Waals surface area (Å²) in [7, 11) is 0. The molecule has 11 heteroatoms. The number of ether oxygens (including phenoxy) is 1. The second-order valence-corrected chi connectivity index (χ2v) is 9.85. The smallest absolute Gasteiger partial charge is 0.413 e. The minimum absolute atomic E-state index is 0.0374. The number of nitrogens with zero attached hydrogens (tertiary/aromatic N) is 3. The predicted octanol–water partition coefficient (Wildman–Crippen LogP) is 3.80. The van der Waals surface area contributed by atoms with Gasteiger partial charge in [-0.25, -0.2) is 18.6 Å². The van der Waals surface area contributed by atoms with Crippen LogP contribution in [0.4, 0.5) is 30.8 Å². The number of amides is 2. The van der Waals surface area contributed by atoms with Crippen LogP contribution in [0.15, 0.2) is 24.5 Å². The van der Waals surface area contributed by atoms with Gasteiger partial charge in [-0.1, -0.05) is 0 Å². The zero-order valence-corrected chi connectivity index (χ0v) is 20.2. The highest BCUT2D eigenvalue weighted by Crippen LogP contribution is 2.39. The monoisotopic (exact) mass is 508 g/mol. The number of nitrogen functional groups attached to an aromatic ring is 1. The van der Waals surface area contributed by atoms with E-state index in [1.54, 1.807) is 18.3 Å². The van der Waals surface area contributed by atoms with Crippen LogP contribution in [-0.4, -0.2) is 58.8 Å². The van der Waals surface area contributed by atoms with Crippen LogP contribution in [0.5, 0.6) is 0 Å². The van der Waals surface area contributed by atoms with Gasteiger partial charge >= 0.3 is 6.09 Å². The lowest BCUT2D eigenvalue weighted by molar-refractivity contribution is -0.143. The number of alkyl halides is 1. The molecule has 0 bridgehead atoms. The lowest BCUT2D eigenvalue weighted by Crippen LogP contribution is -2.56. The second-order valence-electron chi connectivity index (χ2n) is 9.85. The Kier molecular flexibility index (Phi) is 5.58. The minimum Gasteiger partial charge on any atom is -0.442 e. The number of benzene rings is 1. The van der Waals surface area contributed by atoms with Crippen molar-refractivity contribution in [1.82, 2.24) is 14.9 Å². The van der Waals surface area contributed by atoms with Crippen LogP contribution in [0.25, 0.3) is 21.9 Å². The van der Waals surface area contributed by atoms with Crippen molar-refractivity contribution < 1.29 is 23.1 Å². The summed E-state index contributed by atoms with van der Waals surface area (Å²) in [5.41, 5.74) is 9.85. The number of aromatic nitrogens is 2. The van der Waals surface area contributed by atoms with Gasteiger partial charge in [0.15, 0.2) is 5.82 Å². The number of likely N-dealkylation sites (tertiary alicyclic amines) is 1. The van der Waals surface area contributed by atoms with Crippen LogP contribution < -0.4 is 16.4 Å². The van der Waals surface area contributed by atoms with Gasteiger partial charge in [0.1, 0.15) is 18.1 Å². The fourth-order valence-electron chi connectivity index (χ4n) is 5.01. The van der Waals surface area contributed by atoms with Crippen molar-refractivity contribution in [2.75, 3.05) is 36.0 Å². The van der Waals surface area contributed by atoms with Crippen molar-refractivity contribution in [3.63, 3.8) is 0 Å². The molecule has 2 aliphatic heterocycles. The van der Waals surface area contributed by atoms with Crippen molar-refractivity contribution >= 4 is 40.0 Å². The third kappa shape index (κ3) is 4.17. The second kappa shape index (κ2) is 8.82. The molecule has 1 aromatic carbocycles. The van der Waals surface area contributed by atoms with Crippen molar-refractivity contribution in [3.8, 4) is 11.1 Å². The zero-order valence-electron chi connectivity index (χ0n) is 20.2. The molecule has 0 radical (unpaired) electrons. The van der Waals surface area contributed by atoms with E-state index in [4.69, 9.17) is 10.5 Å². The first-order chi connectivity index (χ1) is 17.8. The topological polar surface area (TPSA) is 122 Å². The van der Waals surface area contributed by atoms with Crippen LogP contribution in [0.3, 0.4) is 0 Å². The summed E-state index contributed by atoms with van der Waals surface area (Å²) in [5.74, 6) is -1.12. The van der Waals surface area contributed by atoms with Crippen LogP contribution in [0.1, 0.15) is 24.1 Å². The molecule has 2 aromatic heterocycles. The third-order valence-electron chi connectivity index (χ3n) is 7.29. The maximum absolute atomic E-state index is 15.4. The number of nitrogens with two attached hydrogens (primary N) is 1. The predicted molar refractivity (Wildman–Crippen MR) is 134 cm³/mol. The normalized spacial score (nSPS) is 20.6. The van der Waals surface area contributed by atoms with E-state index in [1.807, 2.05) is 6.92 Å². The molecule has 2 amide bonds. The van der Waals surface area contributed by atoms with Gasteiger partial charge in [0.2, 0.25) is 5.91 Å². The molecule has 1 aliphatic carbocycles. The number of rotatable bonds is 4. The zero-order chi connectivity index (χ0) is 25.8. The molecular weight excluding hydrogens is 482 g/mol. The highest BCUT2D eigenvalue weighted by molar-refractivity contribution is 5.99. The van der Waals surface area contributed by atoms with E-state index in [0.717, 1.165) is 36.3 Å². The number of pyridine rings is 2. The number of carbonyl (C=O) groups excluding carboxylic acids is 2. The Hall–Kier alpha value is -4.02. The molecule has 0 unspecified atom stereocenters. The van der Waals surface area contributed by atoms with Gasteiger partial charge < -0.3 is 20.7 Å². The van der Waals surface area contributed by atoms with E-state index in [2.05, 4.69) is 20.6 Å². The summed E-state index contributed by atoms with van der Waals surface area (Å²) in [5, 5.41) is 6.94. The van der Waals surface area contributed by atoms with Gasteiger partial charge in [0.25, 0.3) is 0 Å². The van der Waals surface area contributed by atoms with E-state index in [0.29, 0.717) is 21.9 Å². The summed E-state index contributed by atoms with van der Waals surface area (Å²) in [6.45, 7) is 3.25. The number of hydrogen-bond donors (Lipinski definition) is 3. The van der Waals surface area contributed by atoms with Crippen LogP contribution >= 0.6 is 0 Å². The first kappa shape index (κ1) is 23.4. The number of carbonyl (C=O) groups is 2. The maximum atomic E-state index is 15.4. The summed E-state index contributed by atoms with van der Waals surface area (Å²) >= 11 is 0. The summed E-state index contributed by atoms with van der Waals surface area (Å²) in [4.78, 5) is 34.6. The van der Waals surface area contributed by atoms with Gasteiger partial charge in [-0.3, -0.25) is 15.1 Å². The molecule has 192 valence electrons. The van der Waals surface area contributed by atoms with Gasteiger partial charge in [-0.2, -0.15) is 0 Å². The molecule has 4 N–H and O–H groups in total. The quantitative estimate of drug-likeness (QED) is 0.458. The Labute approximate surface area is 211 Å². The summed E-state index contributed by atoms with van der Waals surface area (Å²) < 4.78 is 33.8. The SMILES string of the molecule is Cc1c(-c2cc3cc(NC(=O)OC4CN(C(=O)[C@@H]5C[C@H]5F)C4)ncc3c(N)c2F)cnc2c1NCCC2. The van der Waals surface area contributed by atoms with E-state index in [9.17, 15) is 14.0 Å². The molecule has 4 heterocycles. The third-order valence-corrected chi connectivity index (χ3v) is 7.29. The van der Waals surface area contributed by atoms with Crippen molar-refractivity contribution in [2.45, 2.75) is 38.5 Å². The molecule has 37 heavy (non-hydrogen) atoms. The van der Waals surface area contributed by atoms with Gasteiger partial charge in [-0.05, 0) is 49.3 Å². The van der Waals surface area contributed by atoms with E-state index in [-0.39, 0.29) is 36.9 Å². The molecule has 9 nitrogen and oxygen atoms in total. The largest absolute Gasteiger partial charge is 0.442 e. The lowest BCUT2D eigenvalue weighted by atomic mass is 9.95. The molecule has 3 aromatic rings. The molecular formula is C26H26F2N6O3. The van der Waals surface area contributed by atoms with Gasteiger partial charge in [-0.15, -0.1) is 0 Å². The average molecular weight is 509 g/mol.